The van der Waals surface area contributed by atoms with Gasteiger partial charge in [-0.2, -0.15) is 0 Å². The standard InChI is InChI=1S/C42H25F3N2O/c43-29-24-35(44)41(36(45)25-29)27-15-20-32(21-16-27)46(30-7-2-1-3-8-30)31-18-13-26(14-19-31)28-17-22-38-40(23-28)48-39-12-6-10-34-33-9-4-5-11-37(33)47(38)42(34)39/h1-25H/i1D,2D,3D,7D,8D. The van der Waals surface area contributed by atoms with Crippen LogP contribution in [0.3, 0.4) is 0 Å². The highest BCUT2D eigenvalue weighted by molar-refractivity contribution is 6.12. The minimum atomic E-state index is -1.07. The molecule has 1 aliphatic heterocycles. The van der Waals surface area contributed by atoms with Crippen LogP contribution in [0.2, 0.25) is 0 Å². The third kappa shape index (κ3) is 4.45. The van der Waals surface area contributed by atoms with E-state index in [-0.39, 0.29) is 11.3 Å². The molecule has 0 bridgehead atoms. The molecule has 48 heavy (non-hydrogen) atoms. The summed E-state index contributed by atoms with van der Waals surface area (Å²) in [6.45, 7) is 0. The molecule has 6 heteroatoms. The quantitative estimate of drug-likeness (QED) is 0.187. The van der Waals surface area contributed by atoms with Crippen LogP contribution in [-0.4, -0.2) is 4.57 Å². The number of fused-ring (bicyclic) bond motifs is 5. The van der Waals surface area contributed by atoms with E-state index in [0.717, 1.165) is 44.4 Å². The summed E-state index contributed by atoms with van der Waals surface area (Å²) in [5.41, 5.74) is 5.11. The van der Waals surface area contributed by atoms with Gasteiger partial charge in [0.15, 0.2) is 11.5 Å². The molecule has 9 rings (SSSR count). The number of halogens is 3. The van der Waals surface area contributed by atoms with E-state index in [4.69, 9.17) is 11.6 Å². The van der Waals surface area contributed by atoms with Crippen LogP contribution in [0, 0.1) is 17.5 Å². The summed E-state index contributed by atoms with van der Waals surface area (Å²) in [5, 5.41) is 2.24. The molecule has 0 spiro atoms. The van der Waals surface area contributed by atoms with Gasteiger partial charge in [0.2, 0.25) is 0 Å². The highest BCUT2D eigenvalue weighted by atomic mass is 19.1. The molecule has 0 amide bonds. The second-order valence-corrected chi connectivity index (χ2v) is 11.4. The molecule has 8 aromatic rings. The number of aromatic nitrogens is 1. The molecule has 1 aromatic heterocycles. The van der Waals surface area contributed by atoms with Gasteiger partial charge in [-0.15, -0.1) is 0 Å². The molecule has 0 radical (unpaired) electrons. The molecule has 0 saturated carbocycles. The maximum atomic E-state index is 14.6. The van der Waals surface area contributed by atoms with Gasteiger partial charge in [0.1, 0.15) is 17.5 Å². The molecular weight excluding hydrogens is 605 g/mol. The van der Waals surface area contributed by atoms with Gasteiger partial charge in [0.25, 0.3) is 0 Å². The number of benzene rings is 7. The minimum absolute atomic E-state index is 0.109. The van der Waals surface area contributed by atoms with Crippen LogP contribution in [0.25, 0.3) is 49.7 Å². The molecule has 2 heterocycles. The third-order valence-electron chi connectivity index (χ3n) is 8.67. The summed E-state index contributed by atoms with van der Waals surface area (Å²) < 4.78 is 93.9. The molecule has 3 nitrogen and oxygen atoms in total. The van der Waals surface area contributed by atoms with Gasteiger partial charge >= 0.3 is 0 Å². The number of hydrogen-bond acceptors (Lipinski definition) is 2. The SMILES string of the molecule is [2H]c1c([2H])c([2H])c(N(c2ccc(-c3ccc4c(c3)Oc3cccc5c6ccccc6n-4c35)cc2)c2ccc(-c3c(F)cc(F)cc3F)cc2)c([2H])c1[2H]. The normalized spacial score (nSPS) is 13.3. The van der Waals surface area contributed by atoms with Crippen molar-refractivity contribution in [2.24, 2.45) is 0 Å². The minimum Gasteiger partial charge on any atom is -0.453 e. The van der Waals surface area contributed by atoms with E-state index in [1.54, 1.807) is 12.1 Å². The third-order valence-corrected chi connectivity index (χ3v) is 8.67. The summed E-state index contributed by atoms with van der Waals surface area (Å²) >= 11 is 0. The Kier molecular flexibility index (Phi) is 5.26. The second kappa shape index (κ2) is 10.9. The summed E-state index contributed by atoms with van der Waals surface area (Å²) in [6.07, 6.45) is 0. The number of hydrogen-bond donors (Lipinski definition) is 0. The molecule has 7 aromatic carbocycles. The average molecular weight is 636 g/mol. The molecular formula is C42H25F3N2O. The second-order valence-electron chi connectivity index (χ2n) is 11.4. The Balaban J connectivity index is 1.13. The largest absolute Gasteiger partial charge is 0.453 e. The summed E-state index contributed by atoms with van der Waals surface area (Å²) in [4.78, 5) is 1.50. The highest BCUT2D eigenvalue weighted by Gasteiger charge is 2.24. The Bertz CT molecular complexity index is 2750. The monoisotopic (exact) mass is 635 g/mol. The van der Waals surface area contributed by atoms with Crippen LogP contribution in [0.15, 0.2) is 152 Å². The summed E-state index contributed by atoms with van der Waals surface area (Å²) in [5.74, 6) is -1.74. The average Bonchev–Trinajstić information content (AvgIpc) is 3.51. The predicted molar refractivity (Wildman–Crippen MR) is 186 cm³/mol. The Morgan fingerprint density at radius 1 is 0.562 bits per heavy atom. The van der Waals surface area contributed by atoms with Crippen molar-refractivity contribution < 1.29 is 24.8 Å². The molecule has 1 aliphatic rings. The van der Waals surface area contributed by atoms with Gasteiger partial charge < -0.3 is 14.2 Å². The molecule has 0 N–H and O–H groups in total. The molecule has 0 atom stereocenters. The maximum Gasteiger partial charge on any atom is 0.152 e. The smallest absolute Gasteiger partial charge is 0.152 e. The molecule has 0 fully saturated rings. The van der Waals surface area contributed by atoms with Gasteiger partial charge in [-0.1, -0.05) is 78.8 Å². The molecule has 230 valence electrons. The fourth-order valence-corrected chi connectivity index (χ4v) is 6.56. The zero-order chi connectivity index (χ0) is 36.7. The summed E-state index contributed by atoms with van der Waals surface area (Å²) in [7, 11) is 0. The van der Waals surface area contributed by atoms with E-state index >= 15 is 0 Å². The van der Waals surface area contributed by atoms with Gasteiger partial charge in [-0.25, -0.2) is 13.2 Å². The van der Waals surface area contributed by atoms with Crippen molar-refractivity contribution >= 4 is 38.9 Å². The van der Waals surface area contributed by atoms with Crippen molar-refractivity contribution in [1.29, 1.82) is 0 Å². The van der Waals surface area contributed by atoms with Gasteiger partial charge in [0.05, 0.1) is 29.1 Å². The van der Waals surface area contributed by atoms with E-state index in [9.17, 15) is 13.2 Å². The van der Waals surface area contributed by atoms with Crippen LogP contribution in [0.1, 0.15) is 6.85 Å². The highest BCUT2D eigenvalue weighted by Crippen LogP contribution is 2.46. The van der Waals surface area contributed by atoms with Crippen molar-refractivity contribution in [3.63, 3.8) is 0 Å². The maximum absolute atomic E-state index is 14.6. The van der Waals surface area contributed by atoms with Crippen LogP contribution in [0.4, 0.5) is 30.2 Å². The first-order valence-corrected chi connectivity index (χ1v) is 15.2. The number of nitrogens with zero attached hydrogens (tertiary/aromatic N) is 2. The van der Waals surface area contributed by atoms with Crippen LogP contribution >= 0.6 is 0 Å². The lowest BCUT2D eigenvalue weighted by Crippen LogP contribution is -2.09. The zero-order valence-electron chi connectivity index (χ0n) is 30.0. The van der Waals surface area contributed by atoms with Gasteiger partial charge in [-0.3, -0.25) is 0 Å². The lowest BCUT2D eigenvalue weighted by Gasteiger charge is -2.26. The van der Waals surface area contributed by atoms with Crippen LogP contribution in [0.5, 0.6) is 11.5 Å². The Morgan fingerprint density at radius 2 is 1.21 bits per heavy atom. The van der Waals surface area contributed by atoms with Crippen molar-refractivity contribution in [1.82, 2.24) is 4.57 Å². The van der Waals surface area contributed by atoms with Crippen LogP contribution in [-0.2, 0) is 0 Å². The van der Waals surface area contributed by atoms with Crippen molar-refractivity contribution in [3.8, 4) is 39.4 Å². The van der Waals surface area contributed by atoms with E-state index in [1.165, 1.54) is 29.2 Å². The lowest BCUT2D eigenvalue weighted by molar-refractivity contribution is 0.476. The van der Waals surface area contributed by atoms with E-state index < -0.39 is 53.2 Å². The van der Waals surface area contributed by atoms with E-state index in [2.05, 4.69) is 22.8 Å². The van der Waals surface area contributed by atoms with Crippen molar-refractivity contribution in [2.75, 3.05) is 4.90 Å². The van der Waals surface area contributed by atoms with Gasteiger partial charge in [-0.05, 0) is 77.3 Å². The Hall–Kier alpha value is -6.27. The van der Waals surface area contributed by atoms with Gasteiger partial charge in [0, 0.05) is 40.0 Å². The first-order chi connectivity index (χ1) is 25.6. The first kappa shape index (κ1) is 23.1. The topological polar surface area (TPSA) is 17.4 Å². The Labute approximate surface area is 281 Å². The number of rotatable bonds is 5. The molecule has 0 aliphatic carbocycles. The first-order valence-electron chi connectivity index (χ1n) is 17.7. The molecule has 0 saturated heterocycles. The number of para-hydroxylation sites is 3. The molecule has 0 unspecified atom stereocenters. The van der Waals surface area contributed by atoms with E-state index in [0.29, 0.717) is 29.3 Å². The number of ether oxygens (including phenoxy) is 1. The predicted octanol–water partition coefficient (Wildman–Crippen LogP) is 12.1. The lowest BCUT2D eigenvalue weighted by atomic mass is 10.0. The van der Waals surface area contributed by atoms with Crippen LogP contribution < -0.4 is 9.64 Å². The number of anilines is 3. The van der Waals surface area contributed by atoms with Crippen molar-refractivity contribution in [2.45, 2.75) is 0 Å². The fraction of sp³-hybridized carbons (Fsp3) is 0. The fourth-order valence-electron chi connectivity index (χ4n) is 6.56. The Morgan fingerprint density at radius 3 is 1.94 bits per heavy atom. The van der Waals surface area contributed by atoms with Crippen molar-refractivity contribution in [3.05, 3.63) is 169 Å². The van der Waals surface area contributed by atoms with E-state index in [1.807, 2.05) is 54.6 Å². The summed E-state index contributed by atoms with van der Waals surface area (Å²) in [6, 6.07) is 32.2. The zero-order valence-corrected chi connectivity index (χ0v) is 25.0.